The van der Waals surface area contributed by atoms with Crippen LogP contribution in [0.15, 0.2) is 61.6 Å². The van der Waals surface area contributed by atoms with Crippen molar-refractivity contribution in [3.8, 4) is 22.8 Å². The Morgan fingerprint density at radius 1 is 1.13 bits per heavy atom. The minimum Gasteiger partial charge on any atom is -0.340 e. The first kappa shape index (κ1) is 24.5. The van der Waals surface area contributed by atoms with E-state index < -0.39 is 0 Å². The second-order valence-electron chi connectivity index (χ2n) is 9.95. The number of aromatic amines is 2. The minimum absolute atomic E-state index is 0.707. The SMILES string of the molecule is C=C/C=C(/c1ccc(C)s1)c1nc(-c2n[nH]c3cnc(-c4cncc(CC5CCNCC5)c4)cc23)[nH]c1C. The Hall–Kier alpha value is -3.88. The van der Waals surface area contributed by atoms with E-state index in [9.17, 15) is 0 Å². The van der Waals surface area contributed by atoms with Crippen molar-refractivity contribution in [2.45, 2.75) is 33.1 Å². The van der Waals surface area contributed by atoms with Gasteiger partial charge in [0.15, 0.2) is 5.82 Å². The van der Waals surface area contributed by atoms with Crippen LogP contribution in [0.3, 0.4) is 0 Å². The van der Waals surface area contributed by atoms with Crippen molar-refractivity contribution in [3.63, 3.8) is 0 Å². The van der Waals surface area contributed by atoms with E-state index in [0.29, 0.717) is 5.92 Å². The normalized spacial score (nSPS) is 14.8. The Kier molecular flexibility index (Phi) is 6.74. The summed E-state index contributed by atoms with van der Waals surface area (Å²) in [6.07, 6.45) is 13.0. The second-order valence-corrected chi connectivity index (χ2v) is 11.2. The van der Waals surface area contributed by atoms with Crippen molar-refractivity contribution in [3.05, 3.63) is 88.3 Å². The molecule has 0 spiro atoms. The van der Waals surface area contributed by atoms with Crippen LogP contribution in [0.4, 0.5) is 0 Å². The van der Waals surface area contributed by atoms with Gasteiger partial charge in [0.2, 0.25) is 0 Å². The molecule has 3 N–H and O–H groups in total. The fraction of sp³-hybridized carbons (Fsp3) is 0.267. The fourth-order valence-corrected chi connectivity index (χ4v) is 6.12. The molecule has 0 bridgehead atoms. The molecule has 5 aromatic heterocycles. The molecule has 1 fully saturated rings. The summed E-state index contributed by atoms with van der Waals surface area (Å²) in [7, 11) is 0. The molecule has 1 aliphatic heterocycles. The highest BCUT2D eigenvalue weighted by Gasteiger charge is 2.19. The van der Waals surface area contributed by atoms with Crippen LogP contribution in [-0.4, -0.2) is 43.2 Å². The quantitative estimate of drug-likeness (QED) is 0.220. The average Bonchev–Trinajstić information content (AvgIpc) is 3.66. The van der Waals surface area contributed by atoms with Crippen molar-refractivity contribution in [2.24, 2.45) is 5.92 Å². The molecule has 1 saturated heterocycles. The number of hydrogen-bond donors (Lipinski definition) is 3. The molecular weight excluding hydrogens is 490 g/mol. The standard InChI is InChI=1S/C30H31N7S/c1-4-5-23(27-7-6-18(2)38-27)28-19(3)34-30(35-28)29-24-14-25(33-17-26(24)36-37-29)22-13-21(15-32-16-22)12-20-8-10-31-11-9-20/h4-7,13-17,20,31H,1,8-12H2,2-3H3,(H,34,35)(H,36,37)/b23-5-. The molecule has 6 rings (SSSR count). The summed E-state index contributed by atoms with van der Waals surface area (Å²) in [6.45, 7) is 10.3. The number of imidazole rings is 1. The van der Waals surface area contributed by atoms with Crippen LogP contribution in [0.5, 0.6) is 0 Å². The van der Waals surface area contributed by atoms with Gasteiger partial charge in [-0.2, -0.15) is 5.10 Å². The summed E-state index contributed by atoms with van der Waals surface area (Å²) in [4.78, 5) is 20.2. The van der Waals surface area contributed by atoms with Crippen LogP contribution in [0, 0.1) is 19.8 Å². The van der Waals surface area contributed by atoms with Crippen LogP contribution in [0.25, 0.3) is 39.3 Å². The third kappa shape index (κ3) is 4.85. The number of aryl methyl sites for hydroxylation is 2. The molecule has 0 amide bonds. The lowest BCUT2D eigenvalue weighted by atomic mass is 9.91. The highest BCUT2D eigenvalue weighted by atomic mass is 32.1. The molecule has 8 heteroatoms. The van der Waals surface area contributed by atoms with E-state index in [1.54, 1.807) is 11.3 Å². The van der Waals surface area contributed by atoms with E-state index in [1.165, 1.54) is 28.2 Å². The lowest BCUT2D eigenvalue weighted by Crippen LogP contribution is -2.28. The van der Waals surface area contributed by atoms with Gasteiger partial charge in [-0.05, 0) is 81.9 Å². The summed E-state index contributed by atoms with van der Waals surface area (Å²) >= 11 is 1.75. The molecule has 0 unspecified atom stereocenters. The van der Waals surface area contributed by atoms with Crippen molar-refractivity contribution in [1.82, 2.24) is 35.5 Å². The number of fused-ring (bicyclic) bond motifs is 1. The number of nitrogens with zero attached hydrogens (tertiary/aromatic N) is 4. The number of rotatable bonds is 7. The molecule has 7 nitrogen and oxygen atoms in total. The maximum absolute atomic E-state index is 5.00. The van der Waals surface area contributed by atoms with Crippen molar-refractivity contribution in [2.75, 3.05) is 13.1 Å². The molecule has 1 aliphatic rings. The topological polar surface area (TPSA) is 95.2 Å². The monoisotopic (exact) mass is 521 g/mol. The van der Waals surface area contributed by atoms with Gasteiger partial charge >= 0.3 is 0 Å². The Morgan fingerprint density at radius 3 is 2.79 bits per heavy atom. The predicted molar refractivity (Wildman–Crippen MR) is 155 cm³/mol. The first-order valence-electron chi connectivity index (χ1n) is 13.0. The number of piperidine rings is 1. The molecule has 0 aliphatic carbocycles. The summed E-state index contributed by atoms with van der Waals surface area (Å²) in [5.41, 5.74) is 7.75. The number of nitrogens with one attached hydrogen (secondary N) is 3. The first-order valence-corrected chi connectivity index (χ1v) is 13.9. The largest absolute Gasteiger partial charge is 0.340 e. The first-order chi connectivity index (χ1) is 18.6. The van der Waals surface area contributed by atoms with Gasteiger partial charge in [0, 0.05) is 44.4 Å². The van der Waals surface area contributed by atoms with E-state index >= 15 is 0 Å². The molecule has 0 atom stereocenters. The summed E-state index contributed by atoms with van der Waals surface area (Å²) in [5.74, 6) is 1.43. The third-order valence-electron chi connectivity index (χ3n) is 7.18. The summed E-state index contributed by atoms with van der Waals surface area (Å²) in [5, 5.41) is 12.2. The van der Waals surface area contributed by atoms with Crippen molar-refractivity contribution >= 4 is 27.8 Å². The molecule has 6 heterocycles. The Morgan fingerprint density at radius 2 is 2.00 bits per heavy atom. The Bertz CT molecular complexity index is 1630. The Labute approximate surface area is 226 Å². The fourth-order valence-electron chi connectivity index (χ4n) is 5.22. The van der Waals surface area contributed by atoms with Gasteiger partial charge in [0.1, 0.15) is 5.69 Å². The van der Waals surface area contributed by atoms with Gasteiger partial charge in [0.25, 0.3) is 0 Å². The number of hydrogen-bond acceptors (Lipinski definition) is 6. The zero-order chi connectivity index (χ0) is 26.1. The smallest absolute Gasteiger partial charge is 0.159 e. The number of allylic oxidation sites excluding steroid dienone is 2. The van der Waals surface area contributed by atoms with Crippen LogP contribution in [0.1, 0.15) is 39.5 Å². The van der Waals surface area contributed by atoms with Gasteiger partial charge < -0.3 is 10.3 Å². The predicted octanol–water partition coefficient (Wildman–Crippen LogP) is 6.25. The van der Waals surface area contributed by atoms with Crippen LogP contribution in [-0.2, 0) is 6.42 Å². The molecule has 38 heavy (non-hydrogen) atoms. The van der Waals surface area contributed by atoms with E-state index in [0.717, 1.165) is 70.1 Å². The number of aromatic nitrogens is 6. The summed E-state index contributed by atoms with van der Waals surface area (Å²) in [6, 6.07) is 8.58. The van der Waals surface area contributed by atoms with E-state index in [-0.39, 0.29) is 0 Å². The number of pyridine rings is 2. The van der Waals surface area contributed by atoms with Gasteiger partial charge in [-0.25, -0.2) is 4.98 Å². The van der Waals surface area contributed by atoms with Gasteiger partial charge in [0.05, 0.1) is 23.1 Å². The van der Waals surface area contributed by atoms with Gasteiger partial charge in [-0.3, -0.25) is 15.1 Å². The zero-order valence-electron chi connectivity index (χ0n) is 21.7. The number of thiophene rings is 1. The highest BCUT2D eigenvalue weighted by molar-refractivity contribution is 7.13. The molecule has 0 aromatic carbocycles. The molecule has 5 aromatic rings. The number of H-pyrrole nitrogens is 2. The molecular formula is C30H31N7S. The Balaban J connectivity index is 1.34. The van der Waals surface area contributed by atoms with E-state index in [2.05, 4.69) is 63.3 Å². The van der Waals surface area contributed by atoms with Gasteiger partial charge in [-0.15, -0.1) is 11.3 Å². The maximum atomic E-state index is 5.00. The minimum atomic E-state index is 0.707. The third-order valence-corrected chi connectivity index (χ3v) is 8.21. The lowest BCUT2D eigenvalue weighted by molar-refractivity contribution is 0.372. The molecule has 0 saturated carbocycles. The highest BCUT2D eigenvalue weighted by Crippen LogP contribution is 2.34. The van der Waals surface area contributed by atoms with E-state index in [4.69, 9.17) is 9.97 Å². The van der Waals surface area contributed by atoms with Crippen molar-refractivity contribution < 1.29 is 0 Å². The summed E-state index contributed by atoms with van der Waals surface area (Å²) < 4.78 is 0. The average molecular weight is 522 g/mol. The molecule has 0 radical (unpaired) electrons. The van der Waals surface area contributed by atoms with Crippen LogP contribution >= 0.6 is 11.3 Å². The van der Waals surface area contributed by atoms with Crippen molar-refractivity contribution in [1.29, 1.82) is 0 Å². The lowest BCUT2D eigenvalue weighted by Gasteiger charge is -2.22. The maximum Gasteiger partial charge on any atom is 0.159 e. The zero-order valence-corrected chi connectivity index (χ0v) is 22.5. The van der Waals surface area contributed by atoms with Crippen LogP contribution < -0.4 is 5.32 Å². The molecule has 192 valence electrons. The van der Waals surface area contributed by atoms with E-state index in [1.807, 2.05) is 37.7 Å². The van der Waals surface area contributed by atoms with Gasteiger partial charge in [-0.1, -0.05) is 18.7 Å². The second kappa shape index (κ2) is 10.5. The van der Waals surface area contributed by atoms with Crippen LogP contribution in [0.2, 0.25) is 0 Å².